The molecular formula is C37H43NaO11S. The monoisotopic (exact) mass is 718 g/mol. The van der Waals surface area contributed by atoms with Gasteiger partial charge in [0.2, 0.25) is 0 Å². The number of ether oxygens (including phenoxy) is 5. The Morgan fingerprint density at radius 2 is 0.840 bits per heavy atom. The fraction of sp³-hybridized carbons (Fsp3) is 0.351. The number of unbranched alkanes of at least 4 members (excludes halogenated alkanes) is 1. The Balaban J connectivity index is 0.00000676. The van der Waals surface area contributed by atoms with Gasteiger partial charge in [0, 0.05) is 12.4 Å². The van der Waals surface area contributed by atoms with Gasteiger partial charge in [-0.3, -0.25) is 0 Å². The van der Waals surface area contributed by atoms with Crippen molar-refractivity contribution in [2.24, 2.45) is 5.41 Å². The minimum Gasteiger partial charge on any atom is -0.748 e. The largest absolute Gasteiger partial charge is 1.00 e. The zero-order valence-electron chi connectivity index (χ0n) is 28.2. The van der Waals surface area contributed by atoms with E-state index in [0.717, 1.165) is 22.3 Å². The first-order valence-electron chi connectivity index (χ1n) is 15.9. The maximum absolute atomic E-state index is 10.8. The molecule has 4 rings (SSSR count). The fourth-order valence-electron chi connectivity index (χ4n) is 4.62. The third-order valence-corrected chi connectivity index (χ3v) is 8.41. The van der Waals surface area contributed by atoms with Crippen LogP contribution in [-0.2, 0) is 41.3 Å². The molecule has 264 valence electrons. The van der Waals surface area contributed by atoms with Crippen molar-refractivity contribution in [3.8, 4) is 23.0 Å². The predicted molar refractivity (Wildman–Crippen MR) is 181 cm³/mol. The van der Waals surface area contributed by atoms with Gasteiger partial charge in [0.05, 0.1) is 36.5 Å². The summed E-state index contributed by atoms with van der Waals surface area (Å²) in [5.74, 6) is 1.99. The molecule has 0 fully saturated rings. The molecule has 0 aromatic heterocycles. The summed E-state index contributed by atoms with van der Waals surface area (Å²) in [6.07, 6.45) is 0.729. The van der Waals surface area contributed by atoms with Crippen molar-refractivity contribution >= 4 is 10.1 Å². The van der Waals surface area contributed by atoms with Gasteiger partial charge >= 0.3 is 29.6 Å². The van der Waals surface area contributed by atoms with Crippen LogP contribution in [0.3, 0.4) is 0 Å². The van der Waals surface area contributed by atoms with Crippen LogP contribution in [-0.4, -0.2) is 67.1 Å². The molecule has 4 aromatic rings. The van der Waals surface area contributed by atoms with Crippen LogP contribution in [0, 0.1) is 5.41 Å². The maximum Gasteiger partial charge on any atom is 1.00 e. The molecule has 0 aliphatic heterocycles. The van der Waals surface area contributed by atoms with Crippen molar-refractivity contribution in [1.29, 1.82) is 0 Å². The zero-order chi connectivity index (χ0) is 35.0. The summed E-state index contributed by atoms with van der Waals surface area (Å²) in [4.78, 5) is 0. The molecule has 0 radical (unpaired) electrons. The second-order valence-electron chi connectivity index (χ2n) is 11.7. The van der Waals surface area contributed by atoms with E-state index in [4.69, 9.17) is 23.7 Å². The van der Waals surface area contributed by atoms with E-state index in [1.165, 1.54) is 0 Å². The molecule has 0 amide bonds. The van der Waals surface area contributed by atoms with Crippen molar-refractivity contribution in [2.45, 2.75) is 39.3 Å². The summed E-state index contributed by atoms with van der Waals surface area (Å²) < 4.78 is 63.0. The van der Waals surface area contributed by atoms with E-state index in [2.05, 4.69) is 0 Å². The molecule has 3 N–H and O–H groups in total. The Hall–Kier alpha value is -3.17. The number of aliphatic hydroxyl groups is 3. The molecule has 4 aromatic carbocycles. The molecule has 0 aliphatic rings. The second-order valence-corrected chi connectivity index (χ2v) is 13.2. The average molecular weight is 719 g/mol. The molecule has 0 aliphatic carbocycles. The Labute approximate surface area is 315 Å². The minimum atomic E-state index is -4.21. The Bertz CT molecular complexity index is 1510. The first-order chi connectivity index (χ1) is 23.7. The van der Waals surface area contributed by atoms with Crippen LogP contribution < -0.4 is 48.5 Å². The number of hydrogen-bond acceptors (Lipinski definition) is 11. The SMILES string of the molecule is O=S(=O)([O-])CCCCOCc1ccc(OCC(COc2ccc(CO)cc2)(COc2ccc(CO)cc2)COc2ccc(CO)cc2)cc1.[Na+]. The zero-order valence-corrected chi connectivity index (χ0v) is 31.1. The molecule has 0 atom stereocenters. The van der Waals surface area contributed by atoms with Crippen LogP contribution in [0.25, 0.3) is 0 Å². The molecule has 50 heavy (non-hydrogen) atoms. The maximum atomic E-state index is 10.8. The van der Waals surface area contributed by atoms with Crippen molar-refractivity contribution in [1.82, 2.24) is 0 Å². The normalized spacial score (nSPS) is 11.4. The van der Waals surface area contributed by atoms with Crippen LogP contribution in [0.5, 0.6) is 23.0 Å². The van der Waals surface area contributed by atoms with Crippen molar-refractivity contribution in [2.75, 3.05) is 38.8 Å². The van der Waals surface area contributed by atoms with Gasteiger partial charge in [-0.1, -0.05) is 48.5 Å². The van der Waals surface area contributed by atoms with E-state index in [1.807, 2.05) is 24.3 Å². The van der Waals surface area contributed by atoms with Gasteiger partial charge in [-0.25, -0.2) is 8.42 Å². The van der Waals surface area contributed by atoms with Gasteiger partial charge in [-0.15, -0.1) is 0 Å². The third kappa shape index (κ3) is 14.6. The van der Waals surface area contributed by atoms with Crippen LogP contribution in [0.1, 0.15) is 35.1 Å². The van der Waals surface area contributed by atoms with E-state index in [-0.39, 0.29) is 82.2 Å². The minimum absolute atomic E-state index is 0. The van der Waals surface area contributed by atoms with E-state index >= 15 is 0 Å². The molecule has 11 nitrogen and oxygen atoms in total. The molecule has 0 unspecified atom stereocenters. The van der Waals surface area contributed by atoms with E-state index < -0.39 is 21.3 Å². The average Bonchev–Trinajstić information content (AvgIpc) is 3.13. The topological polar surface area (TPSA) is 164 Å². The molecule has 0 heterocycles. The number of aliphatic hydroxyl groups excluding tert-OH is 3. The number of rotatable bonds is 22. The smallest absolute Gasteiger partial charge is 0.748 e. The second kappa shape index (κ2) is 21.3. The number of benzene rings is 4. The summed E-state index contributed by atoms with van der Waals surface area (Å²) in [7, 11) is -4.21. The van der Waals surface area contributed by atoms with Crippen LogP contribution >= 0.6 is 0 Å². The summed E-state index contributed by atoms with van der Waals surface area (Å²) in [5, 5.41) is 28.4. The quantitative estimate of drug-likeness (QED) is 0.0615. The van der Waals surface area contributed by atoms with Gasteiger partial charge in [-0.05, 0) is 83.6 Å². The molecular weight excluding hydrogens is 675 g/mol. The summed E-state index contributed by atoms with van der Waals surface area (Å²) in [6.45, 7) is 1.01. The first kappa shape index (κ1) is 41.3. The standard InChI is InChI=1S/C37H44O11S.Na/c38-21-29-3-11-33(12-4-29)45-25-37(26-46-34-13-5-30(22-39)6-14-34,27-47-35-15-7-31(23-40)8-16-35)28-48-36-17-9-32(10-18-36)24-44-19-1-2-20-49(41,42)43;/h3-18,38-40H,1-2,19-28H2,(H,41,42,43);/q;+1/p-1. The first-order valence-corrected chi connectivity index (χ1v) is 17.5. The van der Waals surface area contributed by atoms with Gasteiger partial charge in [0.1, 0.15) is 54.8 Å². The van der Waals surface area contributed by atoms with Crippen LogP contribution in [0.2, 0.25) is 0 Å². The van der Waals surface area contributed by atoms with Gasteiger partial charge in [0.25, 0.3) is 0 Å². The summed E-state index contributed by atoms with van der Waals surface area (Å²) in [6, 6.07) is 28.8. The molecule has 0 spiro atoms. The molecule has 0 bridgehead atoms. The van der Waals surface area contributed by atoms with Gasteiger partial charge < -0.3 is 43.6 Å². The fourth-order valence-corrected chi connectivity index (χ4v) is 5.18. The van der Waals surface area contributed by atoms with Crippen molar-refractivity contribution < 1.29 is 81.5 Å². The summed E-state index contributed by atoms with van der Waals surface area (Å²) in [5.41, 5.74) is 2.33. The van der Waals surface area contributed by atoms with E-state index in [9.17, 15) is 28.3 Å². The Morgan fingerprint density at radius 1 is 0.520 bits per heavy atom. The van der Waals surface area contributed by atoms with Crippen molar-refractivity contribution in [3.63, 3.8) is 0 Å². The third-order valence-electron chi connectivity index (χ3n) is 7.62. The predicted octanol–water partition coefficient (Wildman–Crippen LogP) is 1.61. The number of hydrogen-bond donors (Lipinski definition) is 3. The summed E-state index contributed by atoms with van der Waals surface area (Å²) >= 11 is 0. The van der Waals surface area contributed by atoms with E-state index in [0.29, 0.717) is 42.6 Å². The van der Waals surface area contributed by atoms with Gasteiger partial charge in [0.15, 0.2) is 0 Å². The van der Waals surface area contributed by atoms with Gasteiger partial charge in [-0.2, -0.15) is 0 Å². The van der Waals surface area contributed by atoms with Crippen LogP contribution in [0.15, 0.2) is 97.1 Å². The van der Waals surface area contributed by atoms with E-state index in [1.54, 1.807) is 72.8 Å². The van der Waals surface area contributed by atoms with Crippen molar-refractivity contribution in [3.05, 3.63) is 119 Å². The Kier molecular flexibility index (Phi) is 17.5. The Morgan fingerprint density at radius 3 is 1.14 bits per heavy atom. The molecule has 13 heteroatoms. The van der Waals surface area contributed by atoms with Crippen LogP contribution in [0.4, 0.5) is 0 Å². The molecule has 0 saturated heterocycles. The molecule has 0 saturated carbocycles.